The predicted molar refractivity (Wildman–Crippen MR) is 113 cm³/mol. The maximum Gasteiger partial charge on any atom is 0.418 e. The number of fused-ring (bicyclic) bond motifs is 1. The highest BCUT2D eigenvalue weighted by molar-refractivity contribution is 5.93. The summed E-state index contributed by atoms with van der Waals surface area (Å²) in [5.74, 6) is 0.499. The van der Waals surface area contributed by atoms with E-state index in [4.69, 9.17) is 4.74 Å². The first-order chi connectivity index (χ1) is 16.1. The number of methoxy groups -OCH3 is 1. The Morgan fingerprint density at radius 1 is 0.882 bits per heavy atom. The lowest BCUT2D eigenvalue weighted by atomic mass is 10.0. The number of alkyl halides is 6. The number of anilines is 2. The van der Waals surface area contributed by atoms with E-state index in [1.807, 2.05) is 0 Å². The van der Waals surface area contributed by atoms with E-state index in [9.17, 15) is 26.3 Å². The fourth-order valence-electron chi connectivity index (χ4n) is 3.36. The van der Waals surface area contributed by atoms with E-state index in [0.717, 1.165) is 18.2 Å². The van der Waals surface area contributed by atoms with Gasteiger partial charge in [-0.3, -0.25) is 4.98 Å². The summed E-state index contributed by atoms with van der Waals surface area (Å²) in [7, 11) is 1.43. The van der Waals surface area contributed by atoms with Crippen LogP contribution in [-0.4, -0.2) is 22.1 Å². The second kappa shape index (κ2) is 8.90. The molecular formula is C23H16F6N4O. The molecule has 0 aliphatic rings. The van der Waals surface area contributed by atoms with Gasteiger partial charge in [0.25, 0.3) is 0 Å². The van der Waals surface area contributed by atoms with Gasteiger partial charge in [-0.2, -0.15) is 26.3 Å². The second-order valence-electron chi connectivity index (χ2n) is 7.25. The zero-order valence-electron chi connectivity index (χ0n) is 17.5. The predicted octanol–water partition coefficient (Wildman–Crippen LogP) is 6.62. The van der Waals surface area contributed by atoms with Gasteiger partial charge in [0.15, 0.2) is 5.82 Å². The van der Waals surface area contributed by atoms with Crippen LogP contribution < -0.4 is 5.32 Å². The molecule has 11 heteroatoms. The Balaban J connectivity index is 1.79. The standard InChI is InChI=1S/C23H16F6N4O/c1-34-12-19-32-18-11-13(20-17(23(27,28)29)3-2-10-30-20)4-9-16(18)21(33-19)31-15-7-5-14(6-8-15)22(24,25)26/h2-11H,12H2,1H3,(H,31,32,33). The van der Waals surface area contributed by atoms with Gasteiger partial charge in [0.05, 0.1) is 22.3 Å². The molecule has 4 aromatic rings. The van der Waals surface area contributed by atoms with Crippen LogP contribution in [0.15, 0.2) is 60.8 Å². The Morgan fingerprint density at radius 2 is 1.62 bits per heavy atom. The minimum absolute atomic E-state index is 0.0131. The van der Waals surface area contributed by atoms with Gasteiger partial charge in [0.1, 0.15) is 12.4 Å². The Labute approximate surface area is 189 Å². The third kappa shape index (κ3) is 4.93. The number of nitrogens with zero attached hydrogens (tertiary/aromatic N) is 3. The van der Waals surface area contributed by atoms with Crippen LogP contribution in [0.25, 0.3) is 22.2 Å². The molecule has 5 nitrogen and oxygen atoms in total. The highest BCUT2D eigenvalue weighted by Crippen LogP contribution is 2.37. The molecule has 34 heavy (non-hydrogen) atoms. The first-order valence-corrected chi connectivity index (χ1v) is 9.83. The number of hydrogen-bond acceptors (Lipinski definition) is 5. The first-order valence-electron chi connectivity index (χ1n) is 9.83. The fourth-order valence-corrected chi connectivity index (χ4v) is 3.36. The summed E-state index contributed by atoms with van der Waals surface area (Å²) in [6, 6.07) is 11.0. The number of hydrogen-bond donors (Lipinski definition) is 1. The molecule has 0 amide bonds. The summed E-state index contributed by atoms with van der Waals surface area (Å²) in [6.07, 6.45) is -7.80. The molecule has 0 saturated carbocycles. The Bertz CT molecular complexity index is 1320. The van der Waals surface area contributed by atoms with Crippen molar-refractivity contribution in [2.75, 3.05) is 12.4 Å². The SMILES string of the molecule is COCc1nc(Nc2ccc(C(F)(F)F)cc2)c2ccc(-c3ncccc3C(F)(F)F)cc2n1. The maximum atomic E-state index is 13.5. The molecule has 0 fully saturated rings. The zero-order chi connectivity index (χ0) is 24.5. The van der Waals surface area contributed by atoms with Crippen LogP contribution in [0.2, 0.25) is 0 Å². The quantitative estimate of drug-likeness (QED) is 0.327. The highest BCUT2D eigenvalue weighted by atomic mass is 19.4. The fraction of sp³-hybridized carbons (Fsp3) is 0.174. The Morgan fingerprint density at radius 3 is 2.26 bits per heavy atom. The molecule has 0 unspecified atom stereocenters. The lowest BCUT2D eigenvalue weighted by Gasteiger charge is -2.14. The van der Waals surface area contributed by atoms with Crippen LogP contribution in [0.4, 0.5) is 37.8 Å². The molecule has 0 radical (unpaired) electrons. The van der Waals surface area contributed by atoms with E-state index in [1.165, 1.54) is 49.7 Å². The Hall–Kier alpha value is -3.73. The lowest BCUT2D eigenvalue weighted by molar-refractivity contribution is -0.138. The number of nitrogens with one attached hydrogen (secondary N) is 1. The number of ether oxygens (including phenoxy) is 1. The molecule has 2 heterocycles. The van der Waals surface area contributed by atoms with Crippen molar-refractivity contribution in [1.29, 1.82) is 0 Å². The normalized spacial score (nSPS) is 12.2. The number of pyridine rings is 1. The van der Waals surface area contributed by atoms with E-state index in [-0.39, 0.29) is 29.5 Å². The average molecular weight is 478 g/mol. The van der Waals surface area contributed by atoms with Crippen LogP contribution in [0.3, 0.4) is 0 Å². The maximum absolute atomic E-state index is 13.5. The van der Waals surface area contributed by atoms with Gasteiger partial charge in [-0.25, -0.2) is 9.97 Å². The van der Waals surface area contributed by atoms with E-state index in [1.54, 1.807) is 0 Å². The van der Waals surface area contributed by atoms with Gasteiger partial charge in [-0.15, -0.1) is 0 Å². The van der Waals surface area contributed by atoms with Crippen LogP contribution in [0, 0.1) is 0 Å². The van der Waals surface area contributed by atoms with Crippen molar-refractivity contribution in [2.45, 2.75) is 19.0 Å². The minimum Gasteiger partial charge on any atom is -0.377 e. The van der Waals surface area contributed by atoms with Crippen molar-refractivity contribution < 1.29 is 31.1 Å². The molecule has 2 aromatic heterocycles. The van der Waals surface area contributed by atoms with Gasteiger partial charge >= 0.3 is 12.4 Å². The monoisotopic (exact) mass is 478 g/mol. The zero-order valence-corrected chi connectivity index (χ0v) is 17.5. The highest BCUT2D eigenvalue weighted by Gasteiger charge is 2.34. The van der Waals surface area contributed by atoms with Crippen LogP contribution >= 0.6 is 0 Å². The largest absolute Gasteiger partial charge is 0.418 e. The lowest BCUT2D eigenvalue weighted by Crippen LogP contribution is -2.08. The number of aromatic nitrogens is 3. The van der Waals surface area contributed by atoms with Crippen molar-refractivity contribution in [3.63, 3.8) is 0 Å². The summed E-state index contributed by atoms with van der Waals surface area (Å²) in [5.41, 5.74) is -1.09. The Kier molecular flexibility index (Phi) is 6.13. The number of halogens is 6. The molecule has 1 N–H and O–H groups in total. The van der Waals surface area contributed by atoms with Crippen LogP contribution in [-0.2, 0) is 23.7 Å². The smallest absolute Gasteiger partial charge is 0.377 e. The van der Waals surface area contributed by atoms with Gasteiger partial charge in [-0.05, 0) is 48.5 Å². The summed E-state index contributed by atoms with van der Waals surface area (Å²) in [5, 5.41) is 3.40. The average Bonchev–Trinajstić information content (AvgIpc) is 2.78. The topological polar surface area (TPSA) is 59.9 Å². The van der Waals surface area contributed by atoms with Gasteiger partial charge < -0.3 is 10.1 Å². The second-order valence-corrected chi connectivity index (χ2v) is 7.25. The molecular weight excluding hydrogens is 462 g/mol. The molecule has 0 saturated heterocycles. The minimum atomic E-state index is -4.60. The molecule has 0 atom stereocenters. The molecule has 0 bridgehead atoms. The first kappa shape index (κ1) is 23.4. The van der Waals surface area contributed by atoms with Gasteiger partial charge in [0.2, 0.25) is 0 Å². The van der Waals surface area contributed by atoms with Crippen molar-refractivity contribution in [3.05, 3.63) is 77.7 Å². The molecule has 0 aliphatic heterocycles. The van der Waals surface area contributed by atoms with Crippen molar-refractivity contribution in [3.8, 4) is 11.3 Å². The van der Waals surface area contributed by atoms with E-state index < -0.39 is 23.5 Å². The van der Waals surface area contributed by atoms with E-state index in [2.05, 4.69) is 20.3 Å². The van der Waals surface area contributed by atoms with Crippen molar-refractivity contribution >= 4 is 22.4 Å². The molecule has 0 spiro atoms. The molecule has 4 rings (SSSR count). The molecule has 2 aromatic carbocycles. The third-order valence-corrected chi connectivity index (χ3v) is 4.88. The van der Waals surface area contributed by atoms with Crippen LogP contribution in [0.5, 0.6) is 0 Å². The molecule has 0 aliphatic carbocycles. The summed E-state index contributed by atoms with van der Waals surface area (Å²) in [4.78, 5) is 12.6. The van der Waals surface area contributed by atoms with Gasteiger partial charge in [0, 0.05) is 29.9 Å². The van der Waals surface area contributed by atoms with E-state index in [0.29, 0.717) is 16.6 Å². The summed E-state index contributed by atoms with van der Waals surface area (Å²) >= 11 is 0. The van der Waals surface area contributed by atoms with E-state index >= 15 is 0 Å². The van der Waals surface area contributed by atoms with Crippen molar-refractivity contribution in [2.24, 2.45) is 0 Å². The van der Waals surface area contributed by atoms with Gasteiger partial charge in [-0.1, -0.05) is 6.07 Å². The van der Waals surface area contributed by atoms with Crippen molar-refractivity contribution in [1.82, 2.24) is 15.0 Å². The third-order valence-electron chi connectivity index (χ3n) is 4.88. The van der Waals surface area contributed by atoms with Crippen LogP contribution in [0.1, 0.15) is 17.0 Å². The summed E-state index contributed by atoms with van der Waals surface area (Å²) in [6.45, 7) is 0.0131. The summed E-state index contributed by atoms with van der Waals surface area (Å²) < 4.78 is 84.0. The number of benzene rings is 2. The molecule has 176 valence electrons. The number of rotatable bonds is 5.